The van der Waals surface area contributed by atoms with E-state index in [0.717, 1.165) is 54.5 Å². The Morgan fingerprint density at radius 3 is 2.56 bits per heavy atom. The number of ether oxygens (including phenoxy) is 2. The van der Waals surface area contributed by atoms with E-state index >= 15 is 0 Å². The van der Waals surface area contributed by atoms with E-state index in [-0.39, 0.29) is 18.5 Å². The molecule has 3 aromatic heterocycles. The second-order valence-corrected chi connectivity index (χ2v) is 8.96. The molecule has 9 heteroatoms. The zero-order chi connectivity index (χ0) is 23.9. The number of pyridine rings is 2. The molecule has 1 saturated carbocycles. The molecule has 0 atom stereocenters. The standard InChI is InChI=1S/C25H32N6O3/c1-16(2)34-22(32)12-18-14-28-25(29-15-18)27-13-17-4-7-20(8-5-17)30-21-9-6-19-10-11-26-24(33-3)23(19)31-21/h6,9-11,14-17,20H,4-5,7-8,12-13H2,1-3H3,(H,30,31)(H,27,28,29). The number of carbonyl (C=O) groups is 1. The van der Waals surface area contributed by atoms with Crippen LogP contribution in [-0.2, 0) is 16.0 Å². The Kier molecular flexibility index (Phi) is 7.72. The van der Waals surface area contributed by atoms with Gasteiger partial charge < -0.3 is 20.1 Å². The van der Waals surface area contributed by atoms with Crippen LogP contribution in [0.1, 0.15) is 45.1 Å². The van der Waals surface area contributed by atoms with Crippen molar-refractivity contribution >= 4 is 28.6 Å². The zero-order valence-corrected chi connectivity index (χ0v) is 20.0. The van der Waals surface area contributed by atoms with Gasteiger partial charge in [0.05, 0.1) is 19.6 Å². The van der Waals surface area contributed by atoms with E-state index < -0.39 is 0 Å². The Labute approximate surface area is 199 Å². The summed E-state index contributed by atoms with van der Waals surface area (Å²) in [6.45, 7) is 4.50. The third-order valence-corrected chi connectivity index (χ3v) is 5.94. The zero-order valence-electron chi connectivity index (χ0n) is 20.0. The SMILES string of the molecule is COc1nccc2ccc(NC3CCC(CNc4ncc(CC(=O)OC(C)C)cn4)CC3)nc12. The Bertz CT molecular complexity index is 1100. The smallest absolute Gasteiger partial charge is 0.310 e. The van der Waals surface area contributed by atoms with Gasteiger partial charge in [-0.25, -0.2) is 19.9 Å². The second kappa shape index (κ2) is 11.1. The second-order valence-electron chi connectivity index (χ2n) is 8.96. The van der Waals surface area contributed by atoms with Crippen LogP contribution in [0.25, 0.3) is 10.9 Å². The molecule has 1 aliphatic carbocycles. The van der Waals surface area contributed by atoms with Gasteiger partial charge in [0.2, 0.25) is 11.8 Å². The maximum absolute atomic E-state index is 11.8. The first-order valence-electron chi connectivity index (χ1n) is 11.8. The Morgan fingerprint density at radius 2 is 1.85 bits per heavy atom. The van der Waals surface area contributed by atoms with Crippen LogP contribution >= 0.6 is 0 Å². The summed E-state index contributed by atoms with van der Waals surface area (Å²) in [5, 5.41) is 7.92. The largest absolute Gasteiger partial charge is 0.479 e. The maximum atomic E-state index is 11.8. The number of anilines is 2. The van der Waals surface area contributed by atoms with E-state index in [4.69, 9.17) is 14.5 Å². The van der Waals surface area contributed by atoms with Crippen molar-refractivity contribution in [3.63, 3.8) is 0 Å². The molecular weight excluding hydrogens is 432 g/mol. The number of nitrogens with one attached hydrogen (secondary N) is 2. The first-order valence-corrected chi connectivity index (χ1v) is 11.8. The summed E-state index contributed by atoms with van der Waals surface area (Å²) in [4.78, 5) is 29.4. The summed E-state index contributed by atoms with van der Waals surface area (Å²) in [6, 6.07) is 6.39. The molecule has 1 fully saturated rings. The molecule has 4 rings (SSSR count). The Hall–Kier alpha value is -3.49. The highest BCUT2D eigenvalue weighted by molar-refractivity contribution is 5.84. The quantitative estimate of drug-likeness (QED) is 0.454. The topological polar surface area (TPSA) is 111 Å². The minimum Gasteiger partial charge on any atom is -0.479 e. The number of hydrogen-bond acceptors (Lipinski definition) is 9. The van der Waals surface area contributed by atoms with Crippen LogP contribution in [0.2, 0.25) is 0 Å². The third-order valence-electron chi connectivity index (χ3n) is 5.94. The molecule has 1 aliphatic rings. The fourth-order valence-corrected chi connectivity index (χ4v) is 4.22. The van der Waals surface area contributed by atoms with Crippen molar-refractivity contribution < 1.29 is 14.3 Å². The molecule has 0 aliphatic heterocycles. The van der Waals surface area contributed by atoms with Crippen molar-refractivity contribution in [2.24, 2.45) is 5.92 Å². The number of esters is 1. The molecule has 0 aromatic carbocycles. The lowest BCUT2D eigenvalue weighted by Gasteiger charge is -2.29. The number of fused-ring (bicyclic) bond motifs is 1. The average molecular weight is 465 g/mol. The molecule has 34 heavy (non-hydrogen) atoms. The summed E-state index contributed by atoms with van der Waals surface area (Å²) in [7, 11) is 1.61. The van der Waals surface area contributed by atoms with Crippen molar-refractivity contribution in [3.8, 4) is 5.88 Å². The predicted molar refractivity (Wildman–Crippen MR) is 131 cm³/mol. The van der Waals surface area contributed by atoms with E-state index in [1.54, 1.807) is 25.7 Å². The fraction of sp³-hybridized carbons (Fsp3) is 0.480. The minimum atomic E-state index is -0.264. The lowest BCUT2D eigenvalue weighted by atomic mass is 9.86. The average Bonchev–Trinajstić information content (AvgIpc) is 2.83. The molecule has 0 amide bonds. The molecule has 0 saturated heterocycles. The molecular formula is C25H32N6O3. The van der Waals surface area contributed by atoms with Gasteiger partial charge in [-0.1, -0.05) is 0 Å². The molecule has 180 valence electrons. The molecule has 2 N–H and O–H groups in total. The van der Waals surface area contributed by atoms with Gasteiger partial charge in [0.25, 0.3) is 0 Å². The van der Waals surface area contributed by atoms with Crippen LogP contribution in [0.5, 0.6) is 5.88 Å². The highest BCUT2D eigenvalue weighted by atomic mass is 16.5. The van der Waals surface area contributed by atoms with E-state index in [1.165, 1.54) is 0 Å². The van der Waals surface area contributed by atoms with Crippen LogP contribution in [0, 0.1) is 5.92 Å². The lowest BCUT2D eigenvalue weighted by molar-refractivity contribution is -0.146. The van der Waals surface area contributed by atoms with Gasteiger partial charge in [-0.15, -0.1) is 0 Å². The Morgan fingerprint density at radius 1 is 1.09 bits per heavy atom. The molecule has 0 spiro atoms. The molecule has 9 nitrogen and oxygen atoms in total. The van der Waals surface area contributed by atoms with E-state index in [2.05, 4.69) is 25.6 Å². The van der Waals surface area contributed by atoms with Crippen LogP contribution in [0.4, 0.5) is 11.8 Å². The van der Waals surface area contributed by atoms with Gasteiger partial charge >= 0.3 is 5.97 Å². The lowest BCUT2D eigenvalue weighted by Crippen LogP contribution is -2.29. The van der Waals surface area contributed by atoms with Gasteiger partial charge in [-0.05, 0) is 63.6 Å². The molecule has 3 heterocycles. The molecule has 3 aromatic rings. The summed E-state index contributed by atoms with van der Waals surface area (Å²) in [5.74, 6) is 2.28. The maximum Gasteiger partial charge on any atom is 0.310 e. The number of methoxy groups -OCH3 is 1. The number of hydrogen-bond donors (Lipinski definition) is 2. The fourth-order valence-electron chi connectivity index (χ4n) is 4.22. The van der Waals surface area contributed by atoms with Gasteiger partial charge in [0.15, 0.2) is 0 Å². The first-order chi connectivity index (χ1) is 16.5. The van der Waals surface area contributed by atoms with Crippen LogP contribution in [0.15, 0.2) is 36.8 Å². The summed E-state index contributed by atoms with van der Waals surface area (Å²) in [6.07, 6.45) is 9.54. The van der Waals surface area contributed by atoms with Gasteiger partial charge in [0, 0.05) is 42.1 Å². The number of aromatic nitrogens is 4. The number of rotatable bonds is 9. The van der Waals surface area contributed by atoms with Crippen molar-refractivity contribution in [2.45, 2.75) is 58.1 Å². The van der Waals surface area contributed by atoms with Crippen molar-refractivity contribution in [3.05, 3.63) is 42.4 Å². The van der Waals surface area contributed by atoms with Crippen LogP contribution in [0.3, 0.4) is 0 Å². The van der Waals surface area contributed by atoms with Gasteiger partial charge in [-0.2, -0.15) is 0 Å². The first kappa shape index (κ1) is 23.7. The summed E-state index contributed by atoms with van der Waals surface area (Å²) < 4.78 is 10.5. The van der Waals surface area contributed by atoms with Crippen LogP contribution in [-0.4, -0.2) is 51.7 Å². The molecule has 0 unspecified atom stereocenters. The van der Waals surface area contributed by atoms with E-state index in [1.807, 2.05) is 32.0 Å². The van der Waals surface area contributed by atoms with E-state index in [9.17, 15) is 4.79 Å². The molecule has 0 bridgehead atoms. The monoisotopic (exact) mass is 464 g/mol. The minimum absolute atomic E-state index is 0.121. The third kappa shape index (κ3) is 6.30. The normalized spacial score (nSPS) is 18.0. The number of nitrogens with zero attached hydrogens (tertiary/aromatic N) is 4. The van der Waals surface area contributed by atoms with Gasteiger partial charge in [-0.3, -0.25) is 4.79 Å². The number of carbonyl (C=O) groups excluding carboxylic acids is 1. The van der Waals surface area contributed by atoms with Crippen molar-refractivity contribution in [1.82, 2.24) is 19.9 Å². The van der Waals surface area contributed by atoms with Crippen molar-refractivity contribution in [1.29, 1.82) is 0 Å². The molecule has 0 radical (unpaired) electrons. The summed E-state index contributed by atoms with van der Waals surface area (Å²) >= 11 is 0. The van der Waals surface area contributed by atoms with Gasteiger partial charge in [0.1, 0.15) is 11.3 Å². The Balaban J connectivity index is 1.22. The summed E-state index contributed by atoms with van der Waals surface area (Å²) in [5.41, 5.74) is 1.52. The predicted octanol–water partition coefficient (Wildman–Crippen LogP) is 4.01. The van der Waals surface area contributed by atoms with Crippen LogP contribution < -0.4 is 15.4 Å². The van der Waals surface area contributed by atoms with Crippen molar-refractivity contribution in [2.75, 3.05) is 24.3 Å². The highest BCUT2D eigenvalue weighted by Crippen LogP contribution is 2.28. The highest BCUT2D eigenvalue weighted by Gasteiger charge is 2.22. The van der Waals surface area contributed by atoms with E-state index in [0.29, 0.717) is 23.8 Å².